The van der Waals surface area contributed by atoms with Crippen molar-refractivity contribution < 1.29 is 43.7 Å². The Balaban J connectivity index is 2.44. The molecule has 0 fully saturated rings. The van der Waals surface area contributed by atoms with Crippen LogP contribution < -0.4 is 14.7 Å². The summed E-state index contributed by atoms with van der Waals surface area (Å²) >= 11 is 1.48. The van der Waals surface area contributed by atoms with Crippen molar-refractivity contribution in [1.82, 2.24) is 44.6 Å². The molecule has 0 aliphatic rings. The second-order valence-electron chi connectivity index (χ2n) is 17.0. The number of hydrogen-bond acceptors (Lipinski definition) is 13. The van der Waals surface area contributed by atoms with Crippen molar-refractivity contribution in [3.05, 3.63) is 23.8 Å². The molecule has 0 bridgehead atoms. The zero-order valence-electron chi connectivity index (χ0n) is 36.1. The number of halogens is 1. The molecule has 59 heavy (non-hydrogen) atoms. The summed E-state index contributed by atoms with van der Waals surface area (Å²) in [6.07, 6.45) is 6.46. The van der Waals surface area contributed by atoms with Gasteiger partial charge in [0, 0.05) is 57.4 Å². The second kappa shape index (κ2) is 25.0. The maximum absolute atomic E-state index is 14.5. The Kier molecular flexibility index (Phi) is 22.1. The van der Waals surface area contributed by atoms with E-state index in [1.54, 1.807) is 70.3 Å². The minimum atomic E-state index is -1.43. The minimum absolute atomic E-state index is 0.00641. The van der Waals surface area contributed by atoms with E-state index in [2.05, 4.69) is 55.0 Å². The molecule has 2 heterocycles. The molecule has 20 heteroatoms. The van der Waals surface area contributed by atoms with Crippen molar-refractivity contribution in [3.63, 3.8) is 0 Å². The molecule has 1 radical (unpaired) electrons. The molecule has 5 N–H and O–H groups in total. The first-order valence-corrected chi connectivity index (χ1v) is 29.0. The molecule has 4 atom stereocenters. The number of aromatic nitrogens is 6. The number of nitrogens with zero attached hydrogens (tertiary/aromatic N) is 6. The first-order valence-electron chi connectivity index (χ1n) is 20.4. The molecule has 0 aliphatic carbocycles. The maximum atomic E-state index is 14.5. The topological polar surface area (TPSA) is 242 Å². The number of rotatable bonds is 29. The van der Waals surface area contributed by atoms with Gasteiger partial charge >= 0.3 is 145 Å². The Labute approximate surface area is 367 Å². The molecule has 0 saturated carbocycles. The van der Waals surface area contributed by atoms with Gasteiger partial charge in [0.1, 0.15) is 0 Å². The molecule has 4 unspecified atom stereocenters. The molecule has 2 aromatic rings. The van der Waals surface area contributed by atoms with Crippen LogP contribution in [0, 0.1) is 21.7 Å². The summed E-state index contributed by atoms with van der Waals surface area (Å²) in [4.78, 5) is 68.3. The van der Waals surface area contributed by atoms with Gasteiger partial charge in [0.2, 0.25) is 5.91 Å². The Morgan fingerprint density at radius 2 is 1.44 bits per heavy atom. The fourth-order valence-electron chi connectivity index (χ4n) is 7.33. The molecular formula is C39H66GaIN9O9. The van der Waals surface area contributed by atoms with Crippen molar-refractivity contribution in [2.24, 2.45) is 28.7 Å². The Morgan fingerprint density at radius 3 is 2.03 bits per heavy atom. The fraction of sp³-hybridized carbons (Fsp3) is 0.769. The third-order valence-electron chi connectivity index (χ3n) is 10.4. The quantitative estimate of drug-likeness (QED) is 0.0341. The van der Waals surface area contributed by atoms with Crippen LogP contribution in [0.25, 0.3) is 0 Å². The first kappa shape index (κ1) is 52.1. The third-order valence-corrected chi connectivity index (χ3v) is 12.9. The molecule has 0 aliphatic heterocycles. The molecule has 0 aromatic carbocycles. The van der Waals surface area contributed by atoms with E-state index >= 15 is 0 Å². The SMILES string of the molecule is CCC(C)(CC(C)(CC(C)(CC(C)(C)C(=O)OCCc1cn(C)nn1)C(=O)NCCCCCC(=O)[NH][Ga][I])C(=O)OCCc1cn(CCCO)nn1)C(=O)NCC(C)O. The fourth-order valence-corrected chi connectivity index (χ4v) is 9.69. The second-order valence-corrected chi connectivity index (χ2v) is 21.3. The van der Waals surface area contributed by atoms with Gasteiger partial charge in [-0.3, -0.25) is 23.7 Å². The molecule has 18 nitrogen and oxygen atoms in total. The molecular weight excluding hydrogens is 935 g/mol. The van der Waals surface area contributed by atoms with Crippen LogP contribution in [0.15, 0.2) is 12.4 Å². The molecule has 2 rings (SSSR count). The maximum Gasteiger partial charge on any atom is 0.311 e. The largest absolute Gasteiger partial charge is 0.465 e. The summed E-state index contributed by atoms with van der Waals surface area (Å²) in [5.41, 5.74) is -3.85. The van der Waals surface area contributed by atoms with Crippen molar-refractivity contribution >= 4 is 63.4 Å². The number of amides is 3. The molecule has 0 spiro atoms. The van der Waals surface area contributed by atoms with Crippen LogP contribution in [-0.4, -0.2) is 123 Å². The standard InChI is InChI=1S/C39H67N9O9.Ga.HI/c1-9-37(5,32(52)42-22-28(2)50)26-39(7,35(55)57-21-16-30-24-48(46-44-30)18-13-19-49)27-38(6,33(53)41-17-12-10-11-14-31(40)51)25-36(3,4)34(54)56-20-15-29-23-47(8)45-43-29;;/h23-24,28,49-50H,9-22,25-27H2,1-8H3,(H4,40,41,42,51,52,53);;1H/q;+2;/p-2. The van der Waals surface area contributed by atoms with E-state index in [-0.39, 0.29) is 69.8 Å². The van der Waals surface area contributed by atoms with Crippen LogP contribution in [0.5, 0.6) is 0 Å². The van der Waals surface area contributed by atoms with Gasteiger partial charge in [-0.2, -0.15) is 0 Å². The van der Waals surface area contributed by atoms with Crippen LogP contribution in [0.3, 0.4) is 0 Å². The molecule has 3 amide bonds. The van der Waals surface area contributed by atoms with Crippen LogP contribution in [0.1, 0.15) is 118 Å². The predicted octanol–water partition coefficient (Wildman–Crippen LogP) is 2.55. The third kappa shape index (κ3) is 17.8. The summed E-state index contributed by atoms with van der Waals surface area (Å²) in [5, 5.41) is 41.1. The van der Waals surface area contributed by atoms with Crippen LogP contribution >= 0.6 is 19.7 Å². The number of aryl methyl sites for hydroxylation is 2. The number of carbonyl (C=O) groups is 5. The van der Waals surface area contributed by atoms with Gasteiger partial charge in [-0.05, 0) is 47.0 Å². The molecule has 2 aromatic heterocycles. The van der Waals surface area contributed by atoms with Crippen LogP contribution in [0.2, 0.25) is 0 Å². The number of hydrogen-bond donors (Lipinski definition) is 5. The van der Waals surface area contributed by atoms with Crippen LogP contribution in [0.4, 0.5) is 0 Å². The van der Waals surface area contributed by atoms with E-state index in [0.29, 0.717) is 69.4 Å². The van der Waals surface area contributed by atoms with Gasteiger partial charge < -0.3 is 25.0 Å². The monoisotopic (exact) mass is 1000 g/mol. The normalized spacial score (nSPS) is 15.2. The smallest absolute Gasteiger partial charge is 0.311 e. The van der Waals surface area contributed by atoms with Crippen molar-refractivity contribution in [2.75, 3.05) is 32.9 Å². The van der Waals surface area contributed by atoms with Crippen molar-refractivity contribution in [3.8, 4) is 0 Å². The van der Waals surface area contributed by atoms with Gasteiger partial charge in [-0.25, -0.2) is 0 Å². The number of aliphatic hydroxyl groups is 2. The predicted molar refractivity (Wildman–Crippen MR) is 228 cm³/mol. The van der Waals surface area contributed by atoms with E-state index in [1.165, 1.54) is 0 Å². The van der Waals surface area contributed by atoms with E-state index in [9.17, 15) is 29.1 Å². The van der Waals surface area contributed by atoms with Crippen molar-refractivity contribution in [1.29, 1.82) is 0 Å². The van der Waals surface area contributed by atoms with Crippen molar-refractivity contribution in [2.45, 2.75) is 132 Å². The van der Waals surface area contributed by atoms with E-state index in [0.717, 1.165) is 0 Å². The summed E-state index contributed by atoms with van der Waals surface area (Å²) in [7, 11) is 1.74. The Hall–Kier alpha value is -3.08. The number of carbonyl (C=O) groups excluding carboxylic acids is 5. The Bertz CT molecular complexity index is 1660. The van der Waals surface area contributed by atoms with Gasteiger partial charge in [0.25, 0.3) is 0 Å². The molecule has 0 saturated heterocycles. The van der Waals surface area contributed by atoms with Gasteiger partial charge in [-0.1, -0.05) is 24.3 Å². The average molecular weight is 1000 g/mol. The first-order chi connectivity index (χ1) is 27.7. The zero-order chi connectivity index (χ0) is 44.3. The summed E-state index contributed by atoms with van der Waals surface area (Å²) in [5.74, 6) is -1.84. The Morgan fingerprint density at radius 1 is 0.831 bits per heavy atom. The number of ether oxygens (including phenoxy) is 2. The number of esters is 2. The summed E-state index contributed by atoms with van der Waals surface area (Å²) < 4.78 is 17.7. The van der Waals surface area contributed by atoms with E-state index < -0.39 is 53.8 Å². The zero-order valence-corrected chi connectivity index (χ0v) is 40.7. The van der Waals surface area contributed by atoms with Gasteiger partial charge in [0.05, 0.1) is 30.7 Å². The number of nitrogens with one attached hydrogen (secondary N) is 3. The average Bonchev–Trinajstić information content (AvgIpc) is 3.81. The summed E-state index contributed by atoms with van der Waals surface area (Å²) in [6.45, 7) is 12.8. The number of unbranched alkanes of at least 4 members (excludes halogenated alkanes) is 2. The van der Waals surface area contributed by atoms with E-state index in [1.807, 2.05) is 6.92 Å². The van der Waals surface area contributed by atoms with Crippen LogP contribution in [-0.2, 0) is 59.9 Å². The van der Waals surface area contributed by atoms with Gasteiger partial charge in [0.15, 0.2) is 0 Å². The summed E-state index contributed by atoms with van der Waals surface area (Å²) in [6, 6.07) is 0. The number of aliphatic hydroxyl groups excluding tert-OH is 2. The van der Waals surface area contributed by atoms with Gasteiger partial charge in [-0.15, -0.1) is 10.2 Å². The molecule has 331 valence electrons. The minimum Gasteiger partial charge on any atom is -0.465 e. The van der Waals surface area contributed by atoms with E-state index in [4.69, 9.17) is 14.6 Å².